The van der Waals surface area contributed by atoms with Crippen LogP contribution in [0.2, 0.25) is 58.9 Å². The van der Waals surface area contributed by atoms with Gasteiger partial charge in [-0.05, 0) is 152 Å². The van der Waals surface area contributed by atoms with Gasteiger partial charge >= 0.3 is 9.05 Å². The Balaban J connectivity index is 1.21. The SMILES string of the molecule is COc1ccc(C2(c3ccc(OC)cc3)C=Cc3c4c(c5cc(OC)c(OC)cc5c3O2)-c2ccc(-c3ccc(CO[Si](O[Si](C)(C)C)(O[Si](C)(C)C)O[Si](C)(C)C)cc3)cc2C4(C)C)cc1. The maximum atomic E-state index is 7.57. The molecule has 8 rings (SSSR count). The zero-order valence-corrected chi connectivity index (χ0v) is 45.9. The molecule has 1 aliphatic heterocycles. The number of rotatable bonds is 16. The molecule has 0 unspecified atom stereocenters. The van der Waals surface area contributed by atoms with Crippen molar-refractivity contribution in [3.63, 3.8) is 0 Å². The number of hydrogen-bond acceptors (Lipinski definition) is 9. The molecule has 352 valence electrons. The third kappa shape index (κ3) is 9.57. The van der Waals surface area contributed by atoms with Gasteiger partial charge in [-0.3, -0.25) is 0 Å². The second-order valence-electron chi connectivity index (χ2n) is 20.9. The van der Waals surface area contributed by atoms with Crippen molar-refractivity contribution >= 4 is 50.8 Å². The van der Waals surface area contributed by atoms with E-state index in [0.29, 0.717) is 18.1 Å². The van der Waals surface area contributed by atoms with Crippen LogP contribution in [0, 0.1) is 0 Å². The number of methoxy groups -OCH3 is 4. The highest BCUT2D eigenvalue weighted by Gasteiger charge is 2.54. The molecule has 0 atom stereocenters. The molecule has 67 heavy (non-hydrogen) atoms. The van der Waals surface area contributed by atoms with Crippen LogP contribution in [0.5, 0.6) is 28.7 Å². The molecule has 0 saturated carbocycles. The summed E-state index contributed by atoms with van der Waals surface area (Å²) in [4.78, 5) is 0. The van der Waals surface area contributed by atoms with Gasteiger partial charge in [-0.25, -0.2) is 0 Å². The van der Waals surface area contributed by atoms with E-state index in [1.54, 1.807) is 28.4 Å². The Morgan fingerprint density at radius 2 is 1.03 bits per heavy atom. The quantitative estimate of drug-likeness (QED) is 0.0881. The highest BCUT2D eigenvalue weighted by Crippen LogP contribution is 2.59. The summed E-state index contributed by atoms with van der Waals surface area (Å²) < 4.78 is 57.7. The molecule has 0 aromatic heterocycles. The van der Waals surface area contributed by atoms with Crippen molar-refractivity contribution in [2.45, 2.75) is 90.4 Å². The summed E-state index contributed by atoms with van der Waals surface area (Å²) in [5.41, 5.74) is 9.61. The van der Waals surface area contributed by atoms with E-state index in [9.17, 15) is 0 Å². The first-order valence-electron chi connectivity index (χ1n) is 22.9. The Labute approximate surface area is 401 Å². The first-order valence-corrected chi connectivity index (χ1v) is 34.8. The molecule has 0 bridgehead atoms. The predicted octanol–water partition coefficient (Wildman–Crippen LogP) is 13.7. The van der Waals surface area contributed by atoms with E-state index < -0.39 is 45.0 Å². The Bertz CT molecular complexity index is 2730. The van der Waals surface area contributed by atoms with Gasteiger partial charge in [0.1, 0.15) is 17.2 Å². The third-order valence-corrected chi connectivity index (χ3v) is 23.0. The zero-order valence-electron chi connectivity index (χ0n) is 41.9. The van der Waals surface area contributed by atoms with Gasteiger partial charge in [-0.2, -0.15) is 0 Å². The molecular formula is C54H66O9Si4. The lowest BCUT2D eigenvalue weighted by Crippen LogP contribution is -2.62. The Morgan fingerprint density at radius 1 is 0.537 bits per heavy atom. The largest absolute Gasteiger partial charge is 0.647 e. The first kappa shape index (κ1) is 48.5. The number of hydrogen-bond donors (Lipinski definition) is 0. The van der Waals surface area contributed by atoms with Crippen molar-refractivity contribution in [2.75, 3.05) is 28.4 Å². The van der Waals surface area contributed by atoms with Crippen molar-refractivity contribution in [1.82, 2.24) is 0 Å². The van der Waals surface area contributed by atoms with E-state index in [4.69, 9.17) is 40.5 Å². The van der Waals surface area contributed by atoms with Crippen LogP contribution in [-0.2, 0) is 34.4 Å². The van der Waals surface area contributed by atoms with E-state index in [1.807, 2.05) is 24.3 Å². The van der Waals surface area contributed by atoms with Crippen LogP contribution in [-0.4, -0.2) is 62.4 Å². The molecule has 6 aromatic rings. The van der Waals surface area contributed by atoms with Crippen molar-refractivity contribution in [3.8, 4) is 51.0 Å². The molecule has 2 aliphatic rings. The third-order valence-electron chi connectivity index (χ3n) is 12.2. The summed E-state index contributed by atoms with van der Waals surface area (Å²) in [6, 6.07) is 35.9. The highest BCUT2D eigenvalue weighted by atomic mass is 28.5. The maximum absolute atomic E-state index is 7.57. The van der Waals surface area contributed by atoms with Gasteiger partial charge in [0.15, 0.2) is 42.1 Å². The topological polar surface area (TPSA) is 83.1 Å². The first-order chi connectivity index (χ1) is 31.5. The fraction of sp³-hybridized carbons (Fsp3) is 0.333. The van der Waals surface area contributed by atoms with Crippen molar-refractivity contribution in [1.29, 1.82) is 0 Å². The van der Waals surface area contributed by atoms with E-state index >= 15 is 0 Å². The lowest BCUT2D eigenvalue weighted by molar-refractivity contribution is 0.0762. The Hall–Kier alpha value is -4.97. The summed E-state index contributed by atoms with van der Waals surface area (Å²) in [5.74, 6) is 3.59. The molecule has 0 fully saturated rings. The lowest BCUT2D eigenvalue weighted by atomic mass is 9.76. The molecule has 0 spiro atoms. The maximum Gasteiger partial charge on any atom is 0.647 e. The molecule has 13 heteroatoms. The molecule has 6 aromatic carbocycles. The van der Waals surface area contributed by atoms with Gasteiger partial charge in [-0.15, -0.1) is 0 Å². The minimum absolute atomic E-state index is 0.332. The van der Waals surface area contributed by atoms with Crippen LogP contribution in [0.25, 0.3) is 39.1 Å². The van der Waals surface area contributed by atoms with Gasteiger partial charge in [-0.1, -0.05) is 80.6 Å². The monoisotopic (exact) mass is 970 g/mol. The average molecular weight is 971 g/mol. The number of fused-ring (bicyclic) bond motifs is 8. The van der Waals surface area contributed by atoms with Gasteiger partial charge in [0.05, 0.1) is 35.0 Å². The normalized spacial score (nSPS) is 15.1. The van der Waals surface area contributed by atoms with E-state index in [0.717, 1.165) is 67.0 Å². The van der Waals surface area contributed by atoms with Gasteiger partial charge in [0, 0.05) is 27.5 Å². The van der Waals surface area contributed by atoms with Gasteiger partial charge in [0.2, 0.25) is 0 Å². The second-order valence-corrected chi connectivity index (χ2v) is 37.3. The zero-order chi connectivity index (χ0) is 48.3. The summed E-state index contributed by atoms with van der Waals surface area (Å²) >= 11 is 0. The molecule has 0 N–H and O–H groups in total. The Kier molecular flexibility index (Phi) is 12.9. The summed E-state index contributed by atoms with van der Waals surface area (Å²) in [5, 5.41) is 1.96. The van der Waals surface area contributed by atoms with Gasteiger partial charge in [0.25, 0.3) is 0 Å². The van der Waals surface area contributed by atoms with E-state index in [1.165, 1.54) is 16.7 Å². The minimum Gasteiger partial charge on any atom is -0.497 e. The summed E-state index contributed by atoms with van der Waals surface area (Å²) in [7, 11) is -3.05. The molecule has 0 radical (unpaired) electrons. The standard InChI is InChI=1S/C54H66O9Si4/c1-53(2)47-32-38(37-18-16-36(17-19-37)35-59-67(61-64(7,8)9,62-65(10,11)12)63-66(13,14)15)20-29-43(47)50-45-33-48(57-5)49(58-6)34-46(45)52-44(51(50)53)30-31-54(60-52,39-21-25-41(55-3)26-22-39)40-23-27-42(56-4)28-24-40/h16-34H,35H2,1-15H3. The molecule has 1 heterocycles. The molecule has 1 aliphatic carbocycles. The fourth-order valence-electron chi connectivity index (χ4n) is 9.38. The molecule has 9 nitrogen and oxygen atoms in total. The Morgan fingerprint density at radius 3 is 1.51 bits per heavy atom. The van der Waals surface area contributed by atoms with Crippen molar-refractivity contribution in [3.05, 3.63) is 143 Å². The highest BCUT2D eigenvalue weighted by molar-refractivity contribution is 6.87. The molecule has 0 saturated heterocycles. The van der Waals surface area contributed by atoms with Crippen LogP contribution in [0.3, 0.4) is 0 Å². The summed E-state index contributed by atoms with van der Waals surface area (Å²) in [6.45, 7) is 24.5. The number of ether oxygens (including phenoxy) is 5. The molecule has 0 amide bonds. The second kappa shape index (κ2) is 17.8. The van der Waals surface area contributed by atoms with Crippen LogP contribution in [0.15, 0.2) is 109 Å². The summed E-state index contributed by atoms with van der Waals surface area (Å²) in [6.07, 6.45) is 4.45. The van der Waals surface area contributed by atoms with Crippen LogP contribution >= 0.6 is 0 Å². The van der Waals surface area contributed by atoms with E-state index in [2.05, 4.69) is 164 Å². The van der Waals surface area contributed by atoms with Crippen molar-refractivity contribution < 1.29 is 40.5 Å². The van der Waals surface area contributed by atoms with Gasteiger partial charge < -0.3 is 40.5 Å². The average Bonchev–Trinajstić information content (AvgIpc) is 3.51. The minimum atomic E-state index is -3.47. The van der Waals surface area contributed by atoms with Crippen molar-refractivity contribution in [2.24, 2.45) is 0 Å². The smallest absolute Gasteiger partial charge is 0.497 e. The van der Waals surface area contributed by atoms with Crippen LogP contribution in [0.1, 0.15) is 47.2 Å². The fourth-order valence-corrected chi connectivity index (χ4v) is 21.1. The lowest BCUT2D eigenvalue weighted by Gasteiger charge is -2.40. The molecular weight excluding hydrogens is 905 g/mol. The van der Waals surface area contributed by atoms with Crippen LogP contribution < -0.4 is 23.7 Å². The predicted molar refractivity (Wildman–Crippen MR) is 280 cm³/mol. The number of benzene rings is 6. The van der Waals surface area contributed by atoms with Crippen LogP contribution in [0.4, 0.5) is 0 Å². The van der Waals surface area contributed by atoms with E-state index in [-0.39, 0.29) is 0 Å².